The van der Waals surface area contributed by atoms with Crippen LogP contribution in [0.4, 0.5) is 0 Å². The summed E-state index contributed by atoms with van der Waals surface area (Å²) in [6, 6.07) is 18.9. The predicted molar refractivity (Wildman–Crippen MR) is 145 cm³/mol. The van der Waals surface area contributed by atoms with Gasteiger partial charge in [0.05, 0.1) is 16.4 Å². The number of H-pyrrole nitrogens is 2. The molecule has 9 nitrogen and oxygen atoms in total. The fraction of sp³-hybridized carbons (Fsp3) is 0.103. The van der Waals surface area contributed by atoms with E-state index in [9.17, 15) is 9.59 Å². The third kappa shape index (κ3) is 4.20. The van der Waals surface area contributed by atoms with Crippen molar-refractivity contribution in [2.75, 3.05) is 0 Å². The second kappa shape index (κ2) is 9.36. The van der Waals surface area contributed by atoms with Crippen LogP contribution in [0.15, 0.2) is 73.1 Å². The summed E-state index contributed by atoms with van der Waals surface area (Å²) in [4.78, 5) is 40.5. The average molecular weight is 502 g/mol. The Morgan fingerprint density at radius 3 is 2.45 bits per heavy atom. The Morgan fingerprint density at radius 1 is 0.921 bits per heavy atom. The van der Waals surface area contributed by atoms with E-state index in [0.29, 0.717) is 29.9 Å². The number of pyridine rings is 2. The van der Waals surface area contributed by atoms with E-state index in [-0.39, 0.29) is 5.78 Å². The molecule has 6 aromatic rings. The minimum Gasteiger partial charge on any atom is -0.366 e. The first kappa shape index (κ1) is 23.2. The van der Waals surface area contributed by atoms with Crippen LogP contribution < -0.4 is 5.73 Å². The zero-order valence-electron chi connectivity index (χ0n) is 20.5. The number of nitrogens with zero attached hydrogens (tertiary/aromatic N) is 4. The highest BCUT2D eigenvalue weighted by atomic mass is 16.1. The molecule has 0 bridgehead atoms. The molecule has 38 heavy (non-hydrogen) atoms. The third-order valence-electron chi connectivity index (χ3n) is 6.57. The van der Waals surface area contributed by atoms with Crippen molar-refractivity contribution in [2.45, 2.75) is 19.8 Å². The summed E-state index contributed by atoms with van der Waals surface area (Å²) in [5, 5.41) is 8.26. The second-order valence-corrected chi connectivity index (χ2v) is 9.03. The number of Topliss-reactive ketones (excluding diaryl/α,β-unsaturated/α-hetero) is 1. The number of aromatic nitrogens is 6. The van der Waals surface area contributed by atoms with Gasteiger partial charge in [-0.05, 0) is 35.9 Å². The van der Waals surface area contributed by atoms with Crippen LogP contribution in [0.1, 0.15) is 29.4 Å². The maximum absolute atomic E-state index is 11.7. The molecule has 0 atom stereocenters. The molecule has 1 amide bonds. The Kier molecular flexibility index (Phi) is 5.72. The summed E-state index contributed by atoms with van der Waals surface area (Å²) in [6.45, 7) is 1.85. The summed E-state index contributed by atoms with van der Waals surface area (Å²) in [7, 11) is 0. The number of benzene rings is 2. The zero-order chi connectivity index (χ0) is 26.2. The van der Waals surface area contributed by atoms with Crippen LogP contribution in [0.5, 0.6) is 0 Å². The highest BCUT2D eigenvalue weighted by Crippen LogP contribution is 2.32. The van der Waals surface area contributed by atoms with Crippen molar-refractivity contribution >= 4 is 33.8 Å². The molecule has 4 heterocycles. The largest absolute Gasteiger partial charge is 0.366 e. The van der Waals surface area contributed by atoms with Crippen LogP contribution >= 0.6 is 0 Å². The predicted octanol–water partition coefficient (Wildman–Crippen LogP) is 4.85. The quantitative estimate of drug-likeness (QED) is 0.285. The van der Waals surface area contributed by atoms with Crippen LogP contribution in [0.2, 0.25) is 0 Å². The molecule has 0 aliphatic heterocycles. The number of nitrogens with one attached hydrogen (secondary N) is 2. The van der Waals surface area contributed by atoms with Gasteiger partial charge in [-0.2, -0.15) is 5.10 Å². The molecular formula is C29H23N7O2. The topological polar surface area (TPSA) is 143 Å². The number of imidazole rings is 1. The lowest BCUT2D eigenvalue weighted by Crippen LogP contribution is -2.10. The van der Waals surface area contributed by atoms with Crippen molar-refractivity contribution in [3.63, 3.8) is 0 Å². The number of hydrogen-bond donors (Lipinski definition) is 3. The van der Waals surface area contributed by atoms with E-state index in [1.165, 1.54) is 0 Å². The van der Waals surface area contributed by atoms with Gasteiger partial charge in [-0.15, -0.1) is 0 Å². The van der Waals surface area contributed by atoms with Crippen molar-refractivity contribution in [1.82, 2.24) is 30.1 Å². The summed E-state index contributed by atoms with van der Waals surface area (Å²) >= 11 is 0. The minimum atomic E-state index is -0.464. The number of primary amides is 1. The van der Waals surface area contributed by atoms with Gasteiger partial charge in [0.15, 0.2) is 11.5 Å². The maximum atomic E-state index is 11.7. The first-order valence-electron chi connectivity index (χ1n) is 12.2. The van der Waals surface area contributed by atoms with E-state index in [2.05, 4.69) is 25.1 Å². The Hall–Kier alpha value is -5.18. The molecule has 4 N–H and O–H groups in total. The van der Waals surface area contributed by atoms with E-state index in [1.54, 1.807) is 24.5 Å². The number of hydrogen-bond acceptors (Lipinski definition) is 6. The zero-order valence-corrected chi connectivity index (χ0v) is 20.5. The van der Waals surface area contributed by atoms with Gasteiger partial charge in [-0.1, -0.05) is 37.3 Å². The Balaban J connectivity index is 1.38. The third-order valence-corrected chi connectivity index (χ3v) is 6.57. The van der Waals surface area contributed by atoms with Gasteiger partial charge in [-0.3, -0.25) is 19.7 Å². The Bertz CT molecular complexity index is 1820. The lowest BCUT2D eigenvalue weighted by Gasteiger charge is -2.04. The normalized spacial score (nSPS) is 11.3. The molecule has 0 fully saturated rings. The maximum Gasteiger partial charge on any atom is 0.248 e. The molecule has 4 aromatic heterocycles. The summed E-state index contributed by atoms with van der Waals surface area (Å²) < 4.78 is 0. The molecule has 0 unspecified atom stereocenters. The molecule has 0 spiro atoms. The first-order chi connectivity index (χ1) is 18.5. The van der Waals surface area contributed by atoms with Gasteiger partial charge >= 0.3 is 0 Å². The lowest BCUT2D eigenvalue weighted by atomic mass is 10.0. The summed E-state index contributed by atoms with van der Waals surface area (Å²) in [5.41, 5.74) is 13.2. The van der Waals surface area contributed by atoms with Crippen molar-refractivity contribution in [2.24, 2.45) is 5.73 Å². The van der Waals surface area contributed by atoms with Gasteiger partial charge in [0.1, 0.15) is 11.5 Å². The first-order valence-corrected chi connectivity index (χ1v) is 12.2. The number of carbonyl (C=O) groups excluding carboxylic acids is 2. The lowest BCUT2D eigenvalue weighted by molar-refractivity contribution is -0.118. The van der Waals surface area contributed by atoms with Crippen LogP contribution in [-0.4, -0.2) is 41.8 Å². The fourth-order valence-electron chi connectivity index (χ4n) is 4.46. The van der Waals surface area contributed by atoms with Crippen molar-refractivity contribution in [3.8, 4) is 33.8 Å². The second-order valence-electron chi connectivity index (χ2n) is 9.03. The summed E-state index contributed by atoms with van der Waals surface area (Å²) in [5.74, 6) is 0.330. The molecule has 0 radical (unpaired) electrons. The summed E-state index contributed by atoms with van der Waals surface area (Å²) in [6.07, 6.45) is 4.35. The van der Waals surface area contributed by atoms with E-state index in [4.69, 9.17) is 10.7 Å². The smallest absolute Gasteiger partial charge is 0.248 e. The molecule has 0 aliphatic rings. The molecule has 0 saturated heterocycles. The number of nitrogens with two attached hydrogens (primary N) is 1. The number of rotatable bonds is 7. The van der Waals surface area contributed by atoms with Gasteiger partial charge in [0.2, 0.25) is 5.91 Å². The SMILES string of the molecule is CCC(=O)Cc1ccc(-c2cnc3n[nH]c(-c4nc5c(-c6ccc(C(N)=O)cc6)cccc5[nH]4)c3c2)cn1. The number of carbonyl (C=O) groups is 2. The number of amides is 1. The van der Waals surface area contributed by atoms with Crippen LogP contribution in [0.3, 0.4) is 0 Å². The molecule has 186 valence electrons. The highest BCUT2D eigenvalue weighted by molar-refractivity contribution is 5.98. The molecule has 6 rings (SSSR count). The van der Waals surface area contributed by atoms with Crippen molar-refractivity contribution < 1.29 is 9.59 Å². The molecular weight excluding hydrogens is 478 g/mol. The van der Waals surface area contributed by atoms with Gasteiger partial charge in [0.25, 0.3) is 0 Å². The van der Waals surface area contributed by atoms with Crippen LogP contribution in [0, 0.1) is 0 Å². The molecule has 9 heteroatoms. The standard InChI is InChI=1S/C29H23N7O2/c1-2-21(37)13-20-11-10-18(14-31-20)19-12-23-26(35-36-28(23)32-15-19)29-33-24-5-3-4-22(25(24)34-29)16-6-8-17(9-7-16)27(30)38/h3-12,14-15H,2,13H2,1H3,(H2,30,38)(H,33,34)(H,32,35,36). The number of para-hydroxylation sites is 1. The monoisotopic (exact) mass is 501 g/mol. The van der Waals surface area contributed by atoms with E-state index in [1.807, 2.05) is 55.5 Å². The van der Waals surface area contributed by atoms with Crippen molar-refractivity contribution in [3.05, 3.63) is 84.3 Å². The highest BCUT2D eigenvalue weighted by Gasteiger charge is 2.16. The van der Waals surface area contributed by atoms with Crippen LogP contribution in [-0.2, 0) is 11.2 Å². The number of fused-ring (bicyclic) bond motifs is 2. The molecule has 0 aliphatic carbocycles. The average Bonchev–Trinajstić information content (AvgIpc) is 3.57. The van der Waals surface area contributed by atoms with E-state index >= 15 is 0 Å². The number of ketones is 1. The Labute approximate surface area is 217 Å². The van der Waals surface area contributed by atoms with Crippen LogP contribution in [0.25, 0.3) is 55.8 Å². The molecule has 2 aromatic carbocycles. The fourth-order valence-corrected chi connectivity index (χ4v) is 4.46. The van der Waals surface area contributed by atoms with Gasteiger partial charge in [-0.25, -0.2) is 9.97 Å². The van der Waals surface area contributed by atoms with E-state index < -0.39 is 5.91 Å². The van der Waals surface area contributed by atoms with Gasteiger partial charge < -0.3 is 10.7 Å². The van der Waals surface area contributed by atoms with E-state index in [0.717, 1.165) is 50.1 Å². The van der Waals surface area contributed by atoms with Crippen molar-refractivity contribution in [1.29, 1.82) is 0 Å². The minimum absolute atomic E-state index is 0.160. The van der Waals surface area contributed by atoms with Gasteiger partial charge in [0, 0.05) is 53.2 Å². The molecule has 0 saturated carbocycles. The number of aromatic amines is 2. The Morgan fingerprint density at radius 2 is 1.71 bits per heavy atom.